The van der Waals surface area contributed by atoms with Crippen LogP contribution in [0, 0.1) is 0 Å². The number of nitrogens with zero attached hydrogens (tertiary/aromatic N) is 3. The van der Waals surface area contributed by atoms with Crippen LogP contribution in [0.5, 0.6) is 0 Å². The van der Waals surface area contributed by atoms with Gasteiger partial charge in [-0.15, -0.1) is 0 Å². The number of hydrogen-bond acceptors (Lipinski definition) is 5. The molecular weight excluding hydrogens is 434 g/mol. The summed E-state index contributed by atoms with van der Waals surface area (Å²) in [4.78, 5) is 55.2. The lowest BCUT2D eigenvalue weighted by Crippen LogP contribution is -2.56. The summed E-state index contributed by atoms with van der Waals surface area (Å²) in [5.74, 6) is -0.819. The summed E-state index contributed by atoms with van der Waals surface area (Å²) in [5.41, 5.74) is 3.09. The fraction of sp³-hybridized carbons (Fsp3) is 0.360. The van der Waals surface area contributed by atoms with Crippen LogP contribution in [0.3, 0.4) is 0 Å². The van der Waals surface area contributed by atoms with Crippen molar-refractivity contribution in [3.05, 3.63) is 48.0 Å². The summed E-state index contributed by atoms with van der Waals surface area (Å²) >= 11 is 0. The Kier molecular flexibility index (Phi) is 6.54. The van der Waals surface area contributed by atoms with Gasteiger partial charge < -0.3 is 20.4 Å². The first-order valence-corrected chi connectivity index (χ1v) is 11.4. The largest absolute Gasteiger partial charge is 0.358 e. The molecule has 178 valence electrons. The molecule has 0 aliphatic carbocycles. The van der Waals surface area contributed by atoms with Crippen molar-refractivity contribution in [2.24, 2.45) is 0 Å². The molecule has 2 N–H and O–H groups in total. The number of carbonyl (C=O) groups excluding carboxylic acids is 4. The molecule has 9 heteroatoms. The lowest BCUT2D eigenvalue weighted by molar-refractivity contribution is -0.123. The van der Waals surface area contributed by atoms with E-state index in [4.69, 9.17) is 0 Å². The number of anilines is 4. The van der Waals surface area contributed by atoms with E-state index in [0.29, 0.717) is 22.6 Å². The number of amides is 4. The summed E-state index contributed by atoms with van der Waals surface area (Å²) < 4.78 is 0. The maximum absolute atomic E-state index is 13.4. The van der Waals surface area contributed by atoms with Gasteiger partial charge in [-0.05, 0) is 61.7 Å². The van der Waals surface area contributed by atoms with Crippen LogP contribution in [-0.4, -0.2) is 61.8 Å². The SMILES string of the molecule is CC(=O)Nc1ccc(NC(=O)CN2C(=O)[C@@H]3CCCCN3c3ccc(C(=O)N(C)C)cc32)cc1. The predicted molar refractivity (Wildman–Crippen MR) is 131 cm³/mol. The van der Waals surface area contributed by atoms with Crippen molar-refractivity contribution in [2.75, 3.05) is 47.6 Å². The molecule has 0 saturated carbocycles. The van der Waals surface area contributed by atoms with Gasteiger partial charge in [0.05, 0.1) is 11.4 Å². The molecule has 0 unspecified atom stereocenters. The molecule has 9 nitrogen and oxygen atoms in total. The van der Waals surface area contributed by atoms with Crippen molar-refractivity contribution >= 4 is 46.4 Å². The van der Waals surface area contributed by atoms with Gasteiger partial charge in [-0.25, -0.2) is 0 Å². The highest BCUT2D eigenvalue weighted by atomic mass is 16.2. The number of rotatable bonds is 5. The first-order chi connectivity index (χ1) is 16.2. The molecular formula is C25H29N5O4. The normalized spacial score (nSPS) is 16.9. The van der Waals surface area contributed by atoms with Crippen LogP contribution in [0.15, 0.2) is 42.5 Å². The molecule has 2 aromatic carbocycles. The quantitative estimate of drug-likeness (QED) is 0.710. The Morgan fingerprint density at radius 1 is 0.971 bits per heavy atom. The number of fused-ring (bicyclic) bond motifs is 3. The summed E-state index contributed by atoms with van der Waals surface area (Å²) in [6.45, 7) is 2.03. The van der Waals surface area contributed by atoms with Crippen LogP contribution in [0.2, 0.25) is 0 Å². The van der Waals surface area contributed by atoms with E-state index in [1.54, 1.807) is 50.5 Å². The summed E-state index contributed by atoms with van der Waals surface area (Å²) in [6, 6.07) is 11.8. The second kappa shape index (κ2) is 9.54. The first-order valence-electron chi connectivity index (χ1n) is 11.4. The van der Waals surface area contributed by atoms with Crippen molar-refractivity contribution in [2.45, 2.75) is 32.2 Å². The zero-order valence-electron chi connectivity index (χ0n) is 19.6. The van der Waals surface area contributed by atoms with Crippen LogP contribution >= 0.6 is 0 Å². The highest BCUT2D eigenvalue weighted by Gasteiger charge is 2.40. The van der Waals surface area contributed by atoms with Gasteiger partial charge in [0.1, 0.15) is 12.6 Å². The third kappa shape index (κ3) is 4.73. The fourth-order valence-electron chi connectivity index (χ4n) is 4.50. The second-order valence-corrected chi connectivity index (χ2v) is 8.84. The van der Waals surface area contributed by atoms with Crippen molar-refractivity contribution in [1.29, 1.82) is 0 Å². The molecule has 0 bridgehead atoms. The zero-order valence-corrected chi connectivity index (χ0v) is 19.6. The molecule has 1 saturated heterocycles. The monoisotopic (exact) mass is 463 g/mol. The minimum absolute atomic E-state index is 0.127. The number of hydrogen-bond donors (Lipinski definition) is 2. The molecule has 34 heavy (non-hydrogen) atoms. The van der Waals surface area contributed by atoms with Crippen LogP contribution in [0.1, 0.15) is 36.5 Å². The molecule has 0 radical (unpaired) electrons. The summed E-state index contributed by atoms with van der Waals surface area (Å²) in [7, 11) is 3.35. The van der Waals surface area contributed by atoms with Gasteiger partial charge in [-0.2, -0.15) is 0 Å². The highest BCUT2D eigenvalue weighted by Crippen LogP contribution is 2.40. The smallest absolute Gasteiger partial charge is 0.253 e. The molecule has 2 heterocycles. The summed E-state index contributed by atoms with van der Waals surface area (Å²) in [5, 5.41) is 5.49. The van der Waals surface area contributed by atoms with E-state index in [1.807, 2.05) is 6.07 Å². The second-order valence-electron chi connectivity index (χ2n) is 8.84. The molecule has 2 aromatic rings. The standard InChI is InChI=1S/C25H29N5O4/c1-16(31)26-18-8-10-19(11-9-18)27-23(32)15-30-22-14-17(24(33)28(2)3)7-12-20(22)29-13-5-4-6-21(29)25(30)34/h7-12,14,21H,4-6,13,15H2,1-3H3,(H,26,31)(H,27,32)/t21-/m0/s1. The molecule has 4 amide bonds. The van der Waals surface area contributed by atoms with Gasteiger partial charge in [0.15, 0.2) is 0 Å². The van der Waals surface area contributed by atoms with E-state index in [0.717, 1.165) is 31.5 Å². The van der Waals surface area contributed by atoms with Crippen LogP contribution in [0.25, 0.3) is 0 Å². The predicted octanol–water partition coefficient (Wildman–Crippen LogP) is 2.69. The Bertz CT molecular complexity index is 1130. The van der Waals surface area contributed by atoms with E-state index in [2.05, 4.69) is 15.5 Å². The van der Waals surface area contributed by atoms with E-state index in [-0.39, 0.29) is 36.2 Å². The average Bonchev–Trinajstić information content (AvgIpc) is 2.81. The lowest BCUT2D eigenvalue weighted by atomic mass is 9.95. The molecule has 1 fully saturated rings. The number of nitrogens with one attached hydrogen (secondary N) is 2. The van der Waals surface area contributed by atoms with Gasteiger partial charge in [-0.1, -0.05) is 0 Å². The van der Waals surface area contributed by atoms with Crippen LogP contribution < -0.4 is 20.4 Å². The minimum atomic E-state index is -0.347. The molecule has 1 atom stereocenters. The minimum Gasteiger partial charge on any atom is -0.358 e. The Morgan fingerprint density at radius 2 is 1.65 bits per heavy atom. The molecule has 2 aliphatic rings. The number of benzene rings is 2. The Morgan fingerprint density at radius 3 is 2.29 bits per heavy atom. The van der Waals surface area contributed by atoms with Crippen molar-refractivity contribution in [3.8, 4) is 0 Å². The van der Waals surface area contributed by atoms with Crippen molar-refractivity contribution in [1.82, 2.24) is 4.90 Å². The number of piperidine rings is 1. The topological polar surface area (TPSA) is 102 Å². The Hall–Kier alpha value is -3.88. The molecule has 0 spiro atoms. The Labute approximate surface area is 198 Å². The maximum Gasteiger partial charge on any atom is 0.253 e. The molecule has 2 aliphatic heterocycles. The highest BCUT2D eigenvalue weighted by molar-refractivity contribution is 6.11. The zero-order chi connectivity index (χ0) is 24.4. The third-order valence-electron chi connectivity index (χ3n) is 6.07. The van der Waals surface area contributed by atoms with Gasteiger partial charge in [0.25, 0.3) is 5.91 Å². The molecule has 4 rings (SSSR count). The fourth-order valence-corrected chi connectivity index (χ4v) is 4.50. The van der Waals surface area contributed by atoms with E-state index < -0.39 is 0 Å². The van der Waals surface area contributed by atoms with Gasteiger partial charge in [0, 0.05) is 44.5 Å². The van der Waals surface area contributed by atoms with Crippen molar-refractivity contribution in [3.63, 3.8) is 0 Å². The molecule has 0 aromatic heterocycles. The summed E-state index contributed by atoms with van der Waals surface area (Å²) in [6.07, 6.45) is 2.69. The average molecular weight is 464 g/mol. The van der Waals surface area contributed by atoms with E-state index >= 15 is 0 Å². The van der Waals surface area contributed by atoms with Crippen molar-refractivity contribution < 1.29 is 19.2 Å². The van der Waals surface area contributed by atoms with E-state index in [9.17, 15) is 19.2 Å². The first kappa shape index (κ1) is 23.3. The van der Waals surface area contributed by atoms with Gasteiger partial charge in [0.2, 0.25) is 17.7 Å². The third-order valence-corrected chi connectivity index (χ3v) is 6.07. The van der Waals surface area contributed by atoms with Crippen LogP contribution in [-0.2, 0) is 14.4 Å². The number of carbonyl (C=O) groups is 4. The van der Waals surface area contributed by atoms with E-state index in [1.165, 1.54) is 16.7 Å². The maximum atomic E-state index is 13.4. The van der Waals surface area contributed by atoms with Gasteiger partial charge >= 0.3 is 0 Å². The lowest BCUT2D eigenvalue weighted by Gasteiger charge is -2.45. The van der Waals surface area contributed by atoms with Crippen LogP contribution in [0.4, 0.5) is 22.7 Å². The van der Waals surface area contributed by atoms with Gasteiger partial charge in [-0.3, -0.25) is 24.1 Å². The Balaban J connectivity index is 1.59.